The maximum atomic E-state index is 9.72. The molecule has 0 aliphatic heterocycles. The summed E-state index contributed by atoms with van der Waals surface area (Å²) in [5, 5.41) is 38.5. The number of hydrogen-bond acceptors (Lipinski definition) is 6. The third-order valence-corrected chi connectivity index (χ3v) is 6.31. The fraction of sp³-hybridized carbons (Fsp3) is 0.200. The van der Waals surface area contributed by atoms with Crippen molar-refractivity contribution in [3.8, 4) is 45.6 Å². The van der Waals surface area contributed by atoms with E-state index in [1.165, 1.54) is 12.1 Å². The highest BCUT2D eigenvalue weighted by Crippen LogP contribution is 2.38. The van der Waals surface area contributed by atoms with Gasteiger partial charge in [0.2, 0.25) is 0 Å². The molecule has 0 saturated carbocycles. The van der Waals surface area contributed by atoms with Crippen LogP contribution in [-0.2, 0) is 25.7 Å². The molecular formula is C30H30O6. The summed E-state index contributed by atoms with van der Waals surface area (Å²) in [5.41, 5.74) is 5.92. The van der Waals surface area contributed by atoms with Gasteiger partial charge in [0.1, 0.15) is 11.5 Å². The molecule has 0 unspecified atom stereocenters. The minimum atomic E-state index is -0.121. The Morgan fingerprint density at radius 2 is 0.778 bits per heavy atom. The first-order chi connectivity index (χ1) is 17.4. The Morgan fingerprint density at radius 3 is 1.11 bits per heavy atom. The Balaban J connectivity index is 1.50. The second-order valence-corrected chi connectivity index (χ2v) is 8.72. The number of rotatable bonds is 9. The van der Waals surface area contributed by atoms with Gasteiger partial charge in [0.15, 0.2) is 23.0 Å². The summed E-state index contributed by atoms with van der Waals surface area (Å²) < 4.78 is 11.4. The molecule has 0 bridgehead atoms. The quantitative estimate of drug-likeness (QED) is 0.224. The fourth-order valence-corrected chi connectivity index (χ4v) is 4.25. The molecular weight excluding hydrogens is 456 g/mol. The van der Waals surface area contributed by atoms with E-state index in [0.717, 1.165) is 57.7 Å². The van der Waals surface area contributed by atoms with Crippen molar-refractivity contribution in [2.75, 3.05) is 14.2 Å². The highest BCUT2D eigenvalue weighted by molar-refractivity contribution is 5.76. The maximum Gasteiger partial charge on any atom is 0.157 e. The topological polar surface area (TPSA) is 99.4 Å². The van der Waals surface area contributed by atoms with Crippen LogP contribution in [0.25, 0.3) is 11.1 Å². The molecule has 0 atom stereocenters. The Morgan fingerprint density at radius 1 is 0.444 bits per heavy atom. The molecule has 0 aromatic heterocycles. The SMILES string of the molecule is COc1cc(CCc2ccc(O)c(O)c2)ccc1-c1ccc(CCc2ccc(O)c(O)c2)cc1OC. The first kappa shape index (κ1) is 24.8. The van der Waals surface area contributed by atoms with E-state index >= 15 is 0 Å². The first-order valence-electron chi connectivity index (χ1n) is 11.7. The molecule has 36 heavy (non-hydrogen) atoms. The third kappa shape index (κ3) is 5.66. The summed E-state index contributed by atoms with van der Waals surface area (Å²) in [5.74, 6) is 1.02. The van der Waals surface area contributed by atoms with Gasteiger partial charge < -0.3 is 29.9 Å². The van der Waals surface area contributed by atoms with E-state index in [9.17, 15) is 20.4 Å². The smallest absolute Gasteiger partial charge is 0.157 e. The molecule has 0 fully saturated rings. The van der Waals surface area contributed by atoms with Crippen LogP contribution in [0, 0.1) is 0 Å². The molecule has 4 aromatic rings. The van der Waals surface area contributed by atoms with Crippen LogP contribution >= 0.6 is 0 Å². The van der Waals surface area contributed by atoms with Crippen LogP contribution in [0.4, 0.5) is 0 Å². The second kappa shape index (κ2) is 11.0. The number of phenolic OH excluding ortho intramolecular Hbond substituents is 4. The van der Waals surface area contributed by atoms with Crippen molar-refractivity contribution in [3.05, 3.63) is 95.1 Å². The minimum absolute atomic E-state index is 0.114. The number of hydrogen-bond donors (Lipinski definition) is 4. The number of ether oxygens (including phenoxy) is 2. The molecule has 4 rings (SSSR count). The summed E-state index contributed by atoms with van der Waals surface area (Å²) in [6.45, 7) is 0. The lowest BCUT2D eigenvalue weighted by atomic mass is 9.96. The summed E-state index contributed by atoms with van der Waals surface area (Å²) in [4.78, 5) is 0. The van der Waals surface area contributed by atoms with Gasteiger partial charge in [0.25, 0.3) is 0 Å². The normalized spacial score (nSPS) is 10.8. The third-order valence-electron chi connectivity index (χ3n) is 6.31. The van der Waals surface area contributed by atoms with Crippen LogP contribution in [0.1, 0.15) is 22.3 Å². The van der Waals surface area contributed by atoms with Gasteiger partial charge in [-0.1, -0.05) is 36.4 Å². The molecule has 0 amide bonds. The van der Waals surface area contributed by atoms with Crippen LogP contribution in [0.15, 0.2) is 72.8 Å². The summed E-state index contributed by atoms with van der Waals surface area (Å²) >= 11 is 0. The van der Waals surface area contributed by atoms with Crippen molar-refractivity contribution in [1.82, 2.24) is 0 Å². The van der Waals surface area contributed by atoms with Crippen molar-refractivity contribution in [3.63, 3.8) is 0 Å². The number of methoxy groups -OCH3 is 2. The number of benzene rings is 4. The van der Waals surface area contributed by atoms with E-state index in [2.05, 4.69) is 12.1 Å². The van der Waals surface area contributed by atoms with E-state index in [-0.39, 0.29) is 23.0 Å². The van der Waals surface area contributed by atoms with Gasteiger partial charge in [-0.15, -0.1) is 0 Å². The van der Waals surface area contributed by atoms with Crippen molar-refractivity contribution >= 4 is 0 Å². The Kier molecular flexibility index (Phi) is 7.54. The van der Waals surface area contributed by atoms with Crippen molar-refractivity contribution in [2.45, 2.75) is 25.7 Å². The van der Waals surface area contributed by atoms with E-state index in [4.69, 9.17) is 9.47 Å². The molecule has 0 aliphatic carbocycles. The fourth-order valence-electron chi connectivity index (χ4n) is 4.25. The minimum Gasteiger partial charge on any atom is -0.504 e. The molecule has 4 aromatic carbocycles. The summed E-state index contributed by atoms with van der Waals surface area (Å²) in [6, 6.07) is 22.0. The standard InChI is InChI=1S/C30H30O6/c1-35-29-17-21(5-3-19-9-13-25(31)27(33)15-19)7-11-23(29)24-12-8-22(18-30(24)36-2)6-4-20-10-14-26(32)28(34)16-20/h7-18,31-34H,3-6H2,1-2H3. The van der Waals surface area contributed by atoms with Gasteiger partial charge in [-0.2, -0.15) is 0 Å². The molecule has 0 spiro atoms. The predicted molar refractivity (Wildman–Crippen MR) is 139 cm³/mol. The molecule has 6 nitrogen and oxygen atoms in total. The van der Waals surface area contributed by atoms with E-state index < -0.39 is 0 Å². The lowest BCUT2D eigenvalue weighted by molar-refractivity contribution is 0.403. The zero-order valence-corrected chi connectivity index (χ0v) is 20.4. The molecule has 4 N–H and O–H groups in total. The van der Waals surface area contributed by atoms with E-state index in [1.54, 1.807) is 38.5 Å². The Bertz CT molecular complexity index is 1260. The highest BCUT2D eigenvalue weighted by atomic mass is 16.5. The molecule has 0 saturated heterocycles. The van der Waals surface area contributed by atoms with Crippen molar-refractivity contribution in [1.29, 1.82) is 0 Å². The molecule has 0 radical (unpaired) electrons. The highest BCUT2D eigenvalue weighted by Gasteiger charge is 2.13. The number of aryl methyl sites for hydroxylation is 4. The molecule has 186 valence electrons. The van der Waals surface area contributed by atoms with Crippen LogP contribution in [0.5, 0.6) is 34.5 Å². The van der Waals surface area contributed by atoms with Crippen LogP contribution < -0.4 is 9.47 Å². The average molecular weight is 487 g/mol. The Labute approximate surface area is 210 Å². The largest absolute Gasteiger partial charge is 0.504 e. The zero-order chi connectivity index (χ0) is 25.7. The maximum absolute atomic E-state index is 9.72. The second-order valence-electron chi connectivity index (χ2n) is 8.72. The predicted octanol–water partition coefficient (Wildman–Crippen LogP) is 5.76. The zero-order valence-electron chi connectivity index (χ0n) is 20.4. The van der Waals surface area contributed by atoms with Crippen molar-refractivity contribution < 1.29 is 29.9 Å². The van der Waals surface area contributed by atoms with Crippen molar-refractivity contribution in [2.24, 2.45) is 0 Å². The van der Waals surface area contributed by atoms with E-state index in [1.807, 2.05) is 24.3 Å². The first-order valence-corrected chi connectivity index (χ1v) is 11.7. The molecule has 6 heteroatoms. The van der Waals surface area contributed by atoms with Crippen LogP contribution in [-0.4, -0.2) is 34.6 Å². The van der Waals surface area contributed by atoms with Gasteiger partial charge in [-0.05, 0) is 84.3 Å². The summed E-state index contributed by atoms with van der Waals surface area (Å²) in [6.07, 6.45) is 2.94. The lowest BCUT2D eigenvalue weighted by Crippen LogP contribution is -1.97. The van der Waals surface area contributed by atoms with Crippen LogP contribution in [0.3, 0.4) is 0 Å². The van der Waals surface area contributed by atoms with Gasteiger partial charge in [0, 0.05) is 11.1 Å². The number of aromatic hydroxyl groups is 4. The number of phenols is 4. The van der Waals surface area contributed by atoms with Gasteiger partial charge in [0.05, 0.1) is 14.2 Å². The molecule has 0 aliphatic rings. The van der Waals surface area contributed by atoms with Gasteiger partial charge >= 0.3 is 0 Å². The lowest BCUT2D eigenvalue weighted by Gasteiger charge is -2.15. The molecule has 0 heterocycles. The van der Waals surface area contributed by atoms with Crippen LogP contribution in [0.2, 0.25) is 0 Å². The monoisotopic (exact) mass is 486 g/mol. The van der Waals surface area contributed by atoms with Gasteiger partial charge in [-0.3, -0.25) is 0 Å². The summed E-state index contributed by atoms with van der Waals surface area (Å²) in [7, 11) is 3.29. The van der Waals surface area contributed by atoms with E-state index in [0.29, 0.717) is 12.8 Å². The average Bonchev–Trinajstić information content (AvgIpc) is 2.89. The van der Waals surface area contributed by atoms with Gasteiger partial charge in [-0.25, -0.2) is 0 Å². The Hall–Kier alpha value is -4.32.